The second-order valence-corrected chi connectivity index (χ2v) is 14.4. The van der Waals surface area contributed by atoms with E-state index >= 15 is 0 Å². The van der Waals surface area contributed by atoms with Crippen LogP contribution in [0.4, 0.5) is 34.5 Å². The third kappa shape index (κ3) is 6.22. The fourth-order valence-electron chi connectivity index (χ4n) is 6.28. The third-order valence-corrected chi connectivity index (χ3v) is 10.4. The number of anilines is 6. The van der Waals surface area contributed by atoms with Crippen molar-refractivity contribution in [3.05, 3.63) is 58.2 Å². The van der Waals surface area contributed by atoms with E-state index in [1.54, 1.807) is 6.20 Å². The van der Waals surface area contributed by atoms with E-state index in [0.29, 0.717) is 46.6 Å². The van der Waals surface area contributed by atoms with Crippen LogP contribution in [0, 0.1) is 6.92 Å². The van der Waals surface area contributed by atoms with Gasteiger partial charge < -0.3 is 20.4 Å². The zero-order valence-electron chi connectivity index (χ0n) is 24.5. The summed E-state index contributed by atoms with van der Waals surface area (Å²) in [5.74, 6) is 1.01. The summed E-state index contributed by atoms with van der Waals surface area (Å²) in [6.45, 7) is 9.41. The zero-order valence-corrected chi connectivity index (χ0v) is 26.9. The maximum absolute atomic E-state index is 12.4. The van der Waals surface area contributed by atoms with Gasteiger partial charge in [-0.1, -0.05) is 12.1 Å². The number of hydrogen-bond acceptors (Lipinski definition) is 9. The molecule has 2 aromatic carbocycles. The monoisotopic (exact) mass is 654 g/mol. The number of hydrogen-bond donors (Lipinski definition) is 2. The Morgan fingerprint density at radius 2 is 1.71 bits per heavy atom. The summed E-state index contributed by atoms with van der Waals surface area (Å²) in [4.78, 5) is 16.8. The van der Waals surface area contributed by atoms with Crippen LogP contribution in [-0.4, -0.2) is 93.3 Å². The van der Waals surface area contributed by atoms with Gasteiger partial charge in [0.2, 0.25) is 16.0 Å². The summed E-state index contributed by atoms with van der Waals surface area (Å²) >= 11 is 3.55. The van der Waals surface area contributed by atoms with Gasteiger partial charge in [-0.3, -0.25) is 9.21 Å². The van der Waals surface area contributed by atoms with Crippen LogP contribution in [0.2, 0.25) is 0 Å². The number of piperidine rings is 1. The van der Waals surface area contributed by atoms with Crippen molar-refractivity contribution in [1.82, 2.24) is 19.8 Å². The number of benzene rings is 2. The van der Waals surface area contributed by atoms with Crippen LogP contribution in [0.1, 0.15) is 24.0 Å². The highest BCUT2D eigenvalue weighted by molar-refractivity contribution is 9.10. The van der Waals surface area contributed by atoms with Crippen LogP contribution in [0.3, 0.4) is 0 Å². The molecule has 2 fully saturated rings. The van der Waals surface area contributed by atoms with Gasteiger partial charge in [-0.15, -0.1) is 0 Å². The molecule has 0 amide bonds. The van der Waals surface area contributed by atoms with Gasteiger partial charge in [0.15, 0.2) is 0 Å². The molecule has 224 valence electrons. The van der Waals surface area contributed by atoms with Gasteiger partial charge in [0.1, 0.15) is 5.82 Å². The predicted molar refractivity (Wildman–Crippen MR) is 174 cm³/mol. The van der Waals surface area contributed by atoms with Crippen LogP contribution >= 0.6 is 15.9 Å². The number of rotatable bonds is 7. The van der Waals surface area contributed by atoms with E-state index < -0.39 is 10.0 Å². The van der Waals surface area contributed by atoms with Crippen molar-refractivity contribution in [3.63, 3.8) is 0 Å². The molecular formula is C30H39BrN8O2S. The van der Waals surface area contributed by atoms with E-state index in [0.717, 1.165) is 29.9 Å². The number of likely N-dealkylation sites (N-methyl/N-ethyl adjacent to an activating group) is 1. The molecule has 3 aliphatic heterocycles. The van der Waals surface area contributed by atoms with Gasteiger partial charge in [0, 0.05) is 69.4 Å². The second-order valence-electron chi connectivity index (χ2n) is 11.6. The fourth-order valence-corrected chi connectivity index (χ4v) is 7.54. The van der Waals surface area contributed by atoms with Gasteiger partial charge in [-0.25, -0.2) is 13.4 Å². The van der Waals surface area contributed by atoms with Crippen molar-refractivity contribution in [2.45, 2.75) is 32.2 Å². The molecule has 0 spiro atoms. The fraction of sp³-hybridized carbons (Fsp3) is 0.467. The van der Waals surface area contributed by atoms with Crippen LogP contribution in [0.15, 0.2) is 47.1 Å². The summed E-state index contributed by atoms with van der Waals surface area (Å²) in [6.07, 6.45) is 6.03. The van der Waals surface area contributed by atoms with E-state index in [-0.39, 0.29) is 0 Å². The normalized spacial score (nSPS) is 18.8. The molecule has 2 N–H and O–H groups in total. The molecule has 0 aliphatic carbocycles. The lowest BCUT2D eigenvalue weighted by molar-refractivity contribution is 0.0982. The number of nitrogens with zero attached hydrogens (tertiary/aromatic N) is 6. The average Bonchev–Trinajstić information content (AvgIpc) is 3.43. The van der Waals surface area contributed by atoms with Crippen molar-refractivity contribution in [3.8, 4) is 0 Å². The number of fused-ring (bicyclic) bond motifs is 1. The van der Waals surface area contributed by atoms with Crippen LogP contribution < -0.4 is 19.8 Å². The van der Waals surface area contributed by atoms with Crippen molar-refractivity contribution in [2.24, 2.45) is 0 Å². The van der Waals surface area contributed by atoms with E-state index in [2.05, 4.69) is 78.4 Å². The number of para-hydroxylation sites is 1. The molecule has 10 nitrogen and oxygen atoms in total. The number of nitrogens with one attached hydrogen (secondary N) is 2. The SMILES string of the molecule is Cc1cc(N2CCC(N3CCN(C)CC3)CC2)ccc1Nc1ncc(Br)c(Nc2cccc3c2N(S(C)(=O)=O)CC3)n1. The lowest BCUT2D eigenvalue weighted by Crippen LogP contribution is -2.52. The Labute approximate surface area is 257 Å². The van der Waals surface area contributed by atoms with E-state index in [1.165, 1.54) is 55.3 Å². The second kappa shape index (κ2) is 12.0. The number of sulfonamides is 1. The lowest BCUT2D eigenvalue weighted by Gasteiger charge is -2.42. The van der Waals surface area contributed by atoms with E-state index in [1.807, 2.05) is 18.2 Å². The number of aryl methyl sites for hydroxylation is 1. The average molecular weight is 656 g/mol. The first kappa shape index (κ1) is 29.2. The maximum Gasteiger partial charge on any atom is 0.232 e. The highest BCUT2D eigenvalue weighted by Gasteiger charge is 2.29. The minimum atomic E-state index is -3.39. The van der Waals surface area contributed by atoms with Crippen LogP contribution in [-0.2, 0) is 16.4 Å². The summed E-state index contributed by atoms with van der Waals surface area (Å²) in [5.41, 5.74) is 5.69. The molecule has 6 rings (SSSR count). The van der Waals surface area contributed by atoms with Crippen LogP contribution in [0.25, 0.3) is 0 Å². The van der Waals surface area contributed by atoms with Gasteiger partial charge in [0.25, 0.3) is 0 Å². The molecule has 2 saturated heterocycles. The third-order valence-electron chi connectivity index (χ3n) is 8.69. The molecule has 0 radical (unpaired) electrons. The highest BCUT2D eigenvalue weighted by Crippen LogP contribution is 2.39. The van der Waals surface area contributed by atoms with Gasteiger partial charge in [-0.05, 0) is 84.6 Å². The van der Waals surface area contributed by atoms with Crippen molar-refractivity contribution < 1.29 is 8.42 Å². The molecule has 0 saturated carbocycles. The van der Waals surface area contributed by atoms with Crippen molar-refractivity contribution in [2.75, 3.05) is 79.0 Å². The minimum Gasteiger partial charge on any atom is -0.371 e. The molecule has 0 bridgehead atoms. The molecule has 4 heterocycles. The predicted octanol–water partition coefficient (Wildman–Crippen LogP) is 4.57. The van der Waals surface area contributed by atoms with E-state index in [9.17, 15) is 8.42 Å². The molecule has 12 heteroatoms. The summed E-state index contributed by atoms with van der Waals surface area (Å²) in [5, 5.41) is 6.72. The largest absolute Gasteiger partial charge is 0.371 e. The molecular weight excluding hydrogens is 616 g/mol. The van der Waals surface area contributed by atoms with Crippen molar-refractivity contribution in [1.29, 1.82) is 0 Å². The summed E-state index contributed by atoms with van der Waals surface area (Å²) < 4.78 is 27.0. The minimum absolute atomic E-state index is 0.439. The van der Waals surface area contributed by atoms with Gasteiger partial charge >= 0.3 is 0 Å². The quantitative estimate of drug-likeness (QED) is 0.380. The molecule has 1 aromatic heterocycles. The maximum atomic E-state index is 12.4. The van der Waals surface area contributed by atoms with Crippen LogP contribution in [0.5, 0.6) is 0 Å². The molecule has 0 atom stereocenters. The molecule has 3 aliphatic rings. The number of aromatic nitrogens is 2. The Hall–Kier alpha value is -2.93. The molecule has 3 aromatic rings. The Kier molecular flexibility index (Phi) is 8.32. The van der Waals surface area contributed by atoms with Crippen molar-refractivity contribution >= 4 is 60.5 Å². The standard InChI is InChI=1S/C30H39BrN8O2S/c1-21-19-24(37-12-10-23(11-13-37)38-17-15-36(2)16-18-38)7-8-26(21)34-30-32-20-25(31)29(35-30)33-27-6-4-5-22-9-14-39(28(22)27)42(3,40)41/h4-8,19-20,23H,9-18H2,1-3H3,(H2,32,33,34,35). The Morgan fingerprint density at radius 1 is 0.952 bits per heavy atom. The Bertz CT molecular complexity index is 1550. The summed E-state index contributed by atoms with van der Waals surface area (Å²) in [6, 6.07) is 13.0. The first-order chi connectivity index (χ1) is 20.2. The Balaban J connectivity index is 1.13. The smallest absolute Gasteiger partial charge is 0.232 e. The number of halogens is 1. The Morgan fingerprint density at radius 3 is 2.43 bits per heavy atom. The first-order valence-corrected chi connectivity index (χ1v) is 17.2. The zero-order chi connectivity index (χ0) is 29.4. The van der Waals surface area contributed by atoms with E-state index in [4.69, 9.17) is 4.98 Å². The van der Waals surface area contributed by atoms with Gasteiger partial charge in [-0.2, -0.15) is 4.98 Å². The first-order valence-electron chi connectivity index (χ1n) is 14.6. The highest BCUT2D eigenvalue weighted by atomic mass is 79.9. The lowest BCUT2D eigenvalue weighted by atomic mass is 10.0. The number of piperazine rings is 1. The summed E-state index contributed by atoms with van der Waals surface area (Å²) in [7, 11) is -1.17. The van der Waals surface area contributed by atoms with Gasteiger partial charge in [0.05, 0.1) is 22.1 Å². The molecule has 42 heavy (non-hydrogen) atoms. The topological polar surface area (TPSA) is 96.9 Å². The molecule has 0 unspecified atom stereocenters.